The summed E-state index contributed by atoms with van der Waals surface area (Å²) in [4.78, 5) is 10.4. The fourth-order valence-electron chi connectivity index (χ4n) is 2.02. The van der Waals surface area contributed by atoms with Gasteiger partial charge in [0.25, 0.3) is 10.2 Å². The van der Waals surface area contributed by atoms with Crippen LogP contribution in [0.1, 0.15) is 12.8 Å². The van der Waals surface area contributed by atoms with E-state index in [2.05, 4.69) is 5.32 Å². The van der Waals surface area contributed by atoms with Gasteiger partial charge in [0.2, 0.25) is 0 Å². The first-order valence-electron chi connectivity index (χ1n) is 5.94. The quantitative estimate of drug-likeness (QED) is 0.663. The minimum Gasteiger partial charge on any atom is -0.480 e. The van der Waals surface area contributed by atoms with Crippen LogP contribution in [0, 0.1) is 5.92 Å². The van der Waals surface area contributed by atoms with Gasteiger partial charge >= 0.3 is 5.97 Å². The maximum absolute atomic E-state index is 12.0. The lowest BCUT2D eigenvalue weighted by Crippen LogP contribution is -2.47. The number of aliphatic carboxylic acids is 1. The maximum Gasteiger partial charge on any atom is 0.317 e. The Morgan fingerprint density at radius 2 is 2.17 bits per heavy atom. The van der Waals surface area contributed by atoms with Gasteiger partial charge in [0.1, 0.15) is 0 Å². The predicted molar refractivity (Wildman–Crippen MR) is 67.4 cm³/mol. The Balaban J connectivity index is 2.49. The van der Waals surface area contributed by atoms with Crippen LogP contribution < -0.4 is 5.32 Å². The number of carboxylic acid groups (broad SMARTS) is 1. The normalized spacial score (nSPS) is 22.3. The van der Waals surface area contributed by atoms with Crippen LogP contribution in [0.2, 0.25) is 0 Å². The molecule has 1 rings (SSSR count). The molecule has 0 spiro atoms. The zero-order chi connectivity index (χ0) is 13.8. The van der Waals surface area contributed by atoms with Gasteiger partial charge in [0.05, 0.1) is 6.54 Å². The molecular formula is C10H21N3O4S. The third-order valence-electron chi connectivity index (χ3n) is 2.98. The van der Waals surface area contributed by atoms with E-state index in [1.165, 1.54) is 22.7 Å². The minimum atomic E-state index is -3.35. The highest BCUT2D eigenvalue weighted by molar-refractivity contribution is 7.86. The predicted octanol–water partition coefficient (Wildman–Crippen LogP) is -0.821. The van der Waals surface area contributed by atoms with Gasteiger partial charge in [-0.1, -0.05) is 0 Å². The second-order valence-corrected chi connectivity index (χ2v) is 6.82. The first kappa shape index (κ1) is 15.4. The van der Waals surface area contributed by atoms with Crippen molar-refractivity contribution in [3.63, 3.8) is 0 Å². The number of hydrogen-bond acceptors (Lipinski definition) is 4. The molecule has 18 heavy (non-hydrogen) atoms. The molecule has 1 aliphatic rings. The monoisotopic (exact) mass is 279 g/mol. The van der Waals surface area contributed by atoms with Gasteiger partial charge in [-0.25, -0.2) is 0 Å². The summed E-state index contributed by atoms with van der Waals surface area (Å²) >= 11 is 0. The lowest BCUT2D eigenvalue weighted by Gasteiger charge is -2.33. The fraction of sp³-hybridized carbons (Fsp3) is 0.900. The number of rotatable bonds is 6. The molecule has 1 fully saturated rings. The lowest BCUT2D eigenvalue weighted by atomic mass is 10.00. The SMILES string of the molecule is CN(C)S(=O)(=O)N1CCCC(CNCC(=O)O)C1. The highest BCUT2D eigenvalue weighted by Gasteiger charge is 2.30. The topological polar surface area (TPSA) is 90.0 Å². The molecule has 8 heteroatoms. The summed E-state index contributed by atoms with van der Waals surface area (Å²) < 4.78 is 26.6. The molecule has 0 aromatic rings. The zero-order valence-corrected chi connectivity index (χ0v) is 11.6. The molecule has 1 atom stereocenters. The van der Waals surface area contributed by atoms with Crippen LogP contribution >= 0.6 is 0 Å². The Morgan fingerprint density at radius 1 is 1.50 bits per heavy atom. The summed E-state index contributed by atoms with van der Waals surface area (Å²) in [5, 5.41) is 11.3. The summed E-state index contributed by atoms with van der Waals surface area (Å²) in [5.74, 6) is -0.726. The third kappa shape index (κ3) is 4.20. The van der Waals surface area contributed by atoms with Crippen LogP contribution in [0.5, 0.6) is 0 Å². The van der Waals surface area contributed by atoms with Gasteiger partial charge in [0, 0.05) is 27.2 Å². The molecule has 1 unspecified atom stereocenters. The molecule has 0 saturated carbocycles. The van der Waals surface area contributed by atoms with Gasteiger partial charge < -0.3 is 10.4 Å². The molecule has 1 saturated heterocycles. The zero-order valence-electron chi connectivity index (χ0n) is 10.8. The van der Waals surface area contributed by atoms with Crippen molar-refractivity contribution in [2.45, 2.75) is 12.8 Å². The Kier molecular flexibility index (Phi) is 5.51. The van der Waals surface area contributed by atoms with Crippen LogP contribution in [0.4, 0.5) is 0 Å². The molecule has 0 aromatic heterocycles. The summed E-state index contributed by atoms with van der Waals surface area (Å²) in [7, 11) is -0.321. The molecule has 1 heterocycles. The van der Waals surface area contributed by atoms with Crippen molar-refractivity contribution in [2.24, 2.45) is 5.92 Å². The van der Waals surface area contributed by atoms with Crippen molar-refractivity contribution in [2.75, 3.05) is 40.3 Å². The van der Waals surface area contributed by atoms with Gasteiger partial charge in [-0.05, 0) is 25.3 Å². The van der Waals surface area contributed by atoms with Crippen molar-refractivity contribution in [3.05, 3.63) is 0 Å². The second-order valence-electron chi connectivity index (χ2n) is 4.68. The van der Waals surface area contributed by atoms with Crippen LogP contribution in [-0.4, -0.2) is 68.4 Å². The third-order valence-corrected chi connectivity index (χ3v) is 4.89. The average Bonchev–Trinajstić information content (AvgIpc) is 2.28. The largest absolute Gasteiger partial charge is 0.480 e. The van der Waals surface area contributed by atoms with E-state index >= 15 is 0 Å². The standard InChI is InChI=1S/C10H21N3O4S/c1-12(2)18(16,17)13-5-3-4-9(8-13)6-11-7-10(14)15/h9,11H,3-8H2,1-2H3,(H,14,15). The van der Waals surface area contributed by atoms with E-state index in [0.717, 1.165) is 12.8 Å². The van der Waals surface area contributed by atoms with E-state index in [4.69, 9.17) is 5.11 Å². The van der Waals surface area contributed by atoms with E-state index in [-0.39, 0.29) is 12.5 Å². The van der Waals surface area contributed by atoms with E-state index in [9.17, 15) is 13.2 Å². The summed E-state index contributed by atoms with van der Waals surface area (Å²) in [6, 6.07) is 0. The first-order chi connectivity index (χ1) is 8.34. The summed E-state index contributed by atoms with van der Waals surface area (Å²) in [6.07, 6.45) is 1.73. The van der Waals surface area contributed by atoms with E-state index in [1.807, 2.05) is 0 Å². The molecule has 1 aliphatic heterocycles. The summed E-state index contributed by atoms with van der Waals surface area (Å²) in [6.45, 7) is 1.44. The Morgan fingerprint density at radius 3 is 2.72 bits per heavy atom. The van der Waals surface area contributed by atoms with Crippen LogP contribution in [0.25, 0.3) is 0 Å². The number of carbonyl (C=O) groups is 1. The molecule has 106 valence electrons. The fourth-order valence-corrected chi connectivity index (χ4v) is 3.24. The molecule has 0 radical (unpaired) electrons. The van der Waals surface area contributed by atoms with Gasteiger partial charge in [0.15, 0.2) is 0 Å². The van der Waals surface area contributed by atoms with E-state index in [1.54, 1.807) is 0 Å². The van der Waals surface area contributed by atoms with E-state index in [0.29, 0.717) is 19.6 Å². The van der Waals surface area contributed by atoms with Gasteiger partial charge in [-0.3, -0.25) is 4.79 Å². The van der Waals surface area contributed by atoms with Crippen molar-refractivity contribution in [1.82, 2.24) is 13.9 Å². The van der Waals surface area contributed by atoms with Crippen molar-refractivity contribution >= 4 is 16.2 Å². The van der Waals surface area contributed by atoms with Crippen molar-refractivity contribution in [1.29, 1.82) is 0 Å². The molecule has 0 aromatic carbocycles. The molecule has 0 amide bonds. The Labute approximate surface area is 108 Å². The van der Waals surface area contributed by atoms with Crippen LogP contribution in [0.3, 0.4) is 0 Å². The van der Waals surface area contributed by atoms with Gasteiger partial charge in [-0.15, -0.1) is 0 Å². The molecule has 2 N–H and O–H groups in total. The van der Waals surface area contributed by atoms with Crippen LogP contribution in [-0.2, 0) is 15.0 Å². The number of piperidine rings is 1. The lowest BCUT2D eigenvalue weighted by molar-refractivity contribution is -0.136. The van der Waals surface area contributed by atoms with E-state index < -0.39 is 16.2 Å². The maximum atomic E-state index is 12.0. The highest BCUT2D eigenvalue weighted by Crippen LogP contribution is 2.19. The van der Waals surface area contributed by atoms with Gasteiger partial charge in [-0.2, -0.15) is 17.0 Å². The first-order valence-corrected chi connectivity index (χ1v) is 7.34. The molecule has 0 bridgehead atoms. The highest BCUT2D eigenvalue weighted by atomic mass is 32.2. The summed E-state index contributed by atoms with van der Waals surface area (Å²) in [5.41, 5.74) is 0. The molecular weight excluding hydrogens is 258 g/mol. The smallest absolute Gasteiger partial charge is 0.317 e. The van der Waals surface area contributed by atoms with Crippen molar-refractivity contribution < 1.29 is 18.3 Å². The number of nitrogens with one attached hydrogen (secondary N) is 1. The average molecular weight is 279 g/mol. The Bertz CT molecular complexity index is 383. The van der Waals surface area contributed by atoms with Crippen LogP contribution in [0.15, 0.2) is 0 Å². The Hall–Kier alpha value is -0.700. The molecule has 7 nitrogen and oxygen atoms in total. The number of carboxylic acids is 1. The molecule has 0 aliphatic carbocycles. The number of nitrogens with zero attached hydrogens (tertiary/aromatic N) is 2. The number of hydrogen-bond donors (Lipinski definition) is 2. The minimum absolute atomic E-state index is 0.0864. The second kappa shape index (κ2) is 6.46. The van der Waals surface area contributed by atoms with Crippen molar-refractivity contribution in [3.8, 4) is 0 Å².